The quantitative estimate of drug-likeness (QED) is 0.215. The number of ether oxygens (including phenoxy) is 3. The van der Waals surface area contributed by atoms with Crippen molar-refractivity contribution in [3.05, 3.63) is 125 Å². The molecule has 2 amide bonds. The van der Waals surface area contributed by atoms with Gasteiger partial charge < -0.3 is 28.8 Å². The number of morpholine rings is 1. The van der Waals surface area contributed by atoms with Gasteiger partial charge in [-0.05, 0) is 79.1 Å². The SMILES string of the molecule is Cc1c(C(=O)N(c2ccccc2)c2ccc(O)cc2)cc(-c2cc3c(cc2C(=O)N2Cc4ccccc4C[C@H]2CN2CCOCC2)OCO3)n1C. The van der Waals surface area contributed by atoms with Crippen LogP contribution < -0.4 is 14.4 Å². The van der Waals surface area contributed by atoms with Gasteiger partial charge in [0.05, 0.1) is 24.3 Å². The first-order valence-corrected chi connectivity index (χ1v) is 17.3. The summed E-state index contributed by atoms with van der Waals surface area (Å²) in [5.41, 5.74) is 6.79. The van der Waals surface area contributed by atoms with Gasteiger partial charge in [-0.3, -0.25) is 19.4 Å². The summed E-state index contributed by atoms with van der Waals surface area (Å²) >= 11 is 0. The second-order valence-corrected chi connectivity index (χ2v) is 13.3. The molecule has 0 spiro atoms. The largest absolute Gasteiger partial charge is 0.508 e. The normalized spacial score (nSPS) is 16.9. The van der Waals surface area contributed by atoms with Crippen LogP contribution in [0.25, 0.3) is 11.3 Å². The van der Waals surface area contributed by atoms with Crippen molar-refractivity contribution in [1.29, 1.82) is 0 Å². The van der Waals surface area contributed by atoms with Gasteiger partial charge in [-0.1, -0.05) is 42.5 Å². The molecular weight excluding hydrogens is 644 g/mol. The van der Waals surface area contributed by atoms with Crippen LogP contribution in [0.2, 0.25) is 0 Å². The maximum atomic E-state index is 15.0. The van der Waals surface area contributed by atoms with Crippen LogP contribution in [-0.2, 0) is 24.8 Å². The molecule has 10 nitrogen and oxygen atoms in total. The third-order valence-corrected chi connectivity index (χ3v) is 10.3. The summed E-state index contributed by atoms with van der Waals surface area (Å²) in [5.74, 6) is 0.851. The number of para-hydroxylation sites is 1. The molecule has 3 aliphatic rings. The lowest BCUT2D eigenvalue weighted by Gasteiger charge is -2.40. The molecule has 0 saturated carbocycles. The van der Waals surface area contributed by atoms with E-state index in [0.717, 1.165) is 37.3 Å². The molecular formula is C41H40N4O6. The van der Waals surface area contributed by atoms with Crippen LogP contribution in [0.1, 0.15) is 37.5 Å². The lowest BCUT2D eigenvalue weighted by molar-refractivity contribution is 0.0193. The predicted molar refractivity (Wildman–Crippen MR) is 194 cm³/mol. The van der Waals surface area contributed by atoms with Gasteiger partial charge in [0.1, 0.15) is 5.75 Å². The summed E-state index contributed by atoms with van der Waals surface area (Å²) in [4.78, 5) is 35.6. The van der Waals surface area contributed by atoms with E-state index in [1.54, 1.807) is 35.2 Å². The fraction of sp³-hybridized carbons (Fsp3) is 0.268. The molecule has 51 heavy (non-hydrogen) atoms. The van der Waals surface area contributed by atoms with Crippen molar-refractivity contribution in [1.82, 2.24) is 14.4 Å². The van der Waals surface area contributed by atoms with Crippen LogP contribution in [0.4, 0.5) is 11.4 Å². The molecule has 260 valence electrons. The smallest absolute Gasteiger partial charge is 0.264 e. The number of anilines is 2. The fourth-order valence-corrected chi connectivity index (χ4v) is 7.41. The Hall–Kier alpha value is -5.58. The first-order chi connectivity index (χ1) is 24.9. The standard InChI is InChI=1S/C41H40N4O6/c1-27-34(41(48)45(30-10-4-3-5-11-30)31-12-14-33(46)15-13-31)21-37(42(27)2)35-22-38-39(51-26-50-38)23-36(35)40(47)44-24-29-9-7-6-8-28(29)20-32(44)25-43-16-18-49-19-17-43/h3-15,21-23,32,46H,16-20,24-26H2,1-2H3/t32-/m0/s1. The summed E-state index contributed by atoms with van der Waals surface area (Å²) in [7, 11) is 1.91. The molecule has 1 N–H and O–H groups in total. The highest BCUT2D eigenvalue weighted by atomic mass is 16.7. The van der Waals surface area contributed by atoms with Crippen LogP contribution in [-0.4, -0.2) is 77.0 Å². The number of amides is 2. The van der Waals surface area contributed by atoms with Crippen molar-refractivity contribution < 1.29 is 28.9 Å². The van der Waals surface area contributed by atoms with Crippen LogP contribution >= 0.6 is 0 Å². The van der Waals surface area contributed by atoms with E-state index >= 15 is 0 Å². The number of hydrogen-bond donors (Lipinski definition) is 1. The van der Waals surface area contributed by atoms with Crippen molar-refractivity contribution in [2.45, 2.75) is 25.9 Å². The number of fused-ring (bicyclic) bond motifs is 2. The van der Waals surface area contributed by atoms with Gasteiger partial charge in [0, 0.05) is 67.6 Å². The Morgan fingerprint density at radius 1 is 0.824 bits per heavy atom. The van der Waals surface area contributed by atoms with E-state index in [-0.39, 0.29) is 30.4 Å². The summed E-state index contributed by atoms with van der Waals surface area (Å²) in [5, 5.41) is 9.99. The number of carbonyl (C=O) groups excluding carboxylic acids is 2. The van der Waals surface area contributed by atoms with Gasteiger partial charge in [0.25, 0.3) is 11.8 Å². The van der Waals surface area contributed by atoms with Crippen LogP contribution in [0.15, 0.2) is 97.1 Å². The Labute approximate surface area is 297 Å². The number of aromatic nitrogens is 1. The van der Waals surface area contributed by atoms with Crippen molar-refractivity contribution in [3.8, 4) is 28.5 Å². The van der Waals surface area contributed by atoms with Crippen molar-refractivity contribution in [3.63, 3.8) is 0 Å². The van der Waals surface area contributed by atoms with Gasteiger partial charge in [-0.2, -0.15) is 0 Å². The van der Waals surface area contributed by atoms with Gasteiger partial charge in [-0.15, -0.1) is 0 Å². The lowest BCUT2D eigenvalue weighted by Crippen LogP contribution is -2.52. The third kappa shape index (κ3) is 6.21. The van der Waals surface area contributed by atoms with Crippen LogP contribution in [0.3, 0.4) is 0 Å². The molecule has 0 radical (unpaired) electrons. The second kappa shape index (κ2) is 13.6. The third-order valence-electron chi connectivity index (χ3n) is 10.3. The van der Waals surface area contributed by atoms with Gasteiger partial charge in [0.2, 0.25) is 6.79 Å². The zero-order valence-electron chi connectivity index (χ0n) is 28.7. The number of benzene rings is 4. The molecule has 0 aliphatic carbocycles. The molecule has 1 saturated heterocycles. The summed E-state index contributed by atoms with van der Waals surface area (Å²) in [6.45, 7) is 6.25. The summed E-state index contributed by atoms with van der Waals surface area (Å²) in [6.07, 6.45) is 0.758. The van der Waals surface area contributed by atoms with E-state index < -0.39 is 0 Å². The number of hydrogen-bond acceptors (Lipinski definition) is 7. The Morgan fingerprint density at radius 3 is 2.24 bits per heavy atom. The number of rotatable bonds is 7. The Bertz CT molecular complexity index is 2090. The Kier molecular flexibility index (Phi) is 8.71. The average molecular weight is 685 g/mol. The minimum atomic E-state index is -0.238. The van der Waals surface area contributed by atoms with Gasteiger partial charge in [0.15, 0.2) is 11.5 Å². The van der Waals surface area contributed by atoms with E-state index in [1.807, 2.05) is 72.0 Å². The first-order valence-electron chi connectivity index (χ1n) is 17.3. The molecule has 4 heterocycles. The zero-order chi connectivity index (χ0) is 35.1. The molecule has 4 aromatic carbocycles. The predicted octanol–water partition coefficient (Wildman–Crippen LogP) is 6.31. The number of carbonyl (C=O) groups is 2. The van der Waals surface area contributed by atoms with Gasteiger partial charge in [-0.25, -0.2) is 0 Å². The minimum Gasteiger partial charge on any atom is -0.508 e. The van der Waals surface area contributed by atoms with E-state index in [2.05, 4.69) is 23.1 Å². The molecule has 5 aromatic rings. The van der Waals surface area contributed by atoms with Crippen LogP contribution in [0, 0.1) is 6.92 Å². The summed E-state index contributed by atoms with van der Waals surface area (Å²) < 4.78 is 19.2. The monoisotopic (exact) mass is 684 g/mol. The number of nitrogens with zero attached hydrogens (tertiary/aromatic N) is 4. The first kappa shape index (κ1) is 32.6. The van der Waals surface area contributed by atoms with E-state index in [9.17, 15) is 14.7 Å². The maximum absolute atomic E-state index is 15.0. The molecule has 1 atom stereocenters. The van der Waals surface area contributed by atoms with E-state index in [4.69, 9.17) is 14.2 Å². The van der Waals surface area contributed by atoms with E-state index in [1.165, 1.54) is 5.56 Å². The lowest BCUT2D eigenvalue weighted by atomic mass is 9.92. The topological polar surface area (TPSA) is 96.7 Å². The molecule has 0 unspecified atom stereocenters. The molecule has 1 fully saturated rings. The van der Waals surface area contributed by atoms with Gasteiger partial charge >= 0.3 is 0 Å². The Balaban J connectivity index is 1.20. The highest BCUT2D eigenvalue weighted by Crippen LogP contribution is 2.41. The van der Waals surface area contributed by atoms with Crippen molar-refractivity contribution in [2.75, 3.05) is 44.5 Å². The molecule has 0 bridgehead atoms. The molecule has 8 rings (SSSR count). The second-order valence-electron chi connectivity index (χ2n) is 13.3. The molecule has 1 aromatic heterocycles. The maximum Gasteiger partial charge on any atom is 0.264 e. The molecule has 10 heteroatoms. The number of aromatic hydroxyl groups is 1. The fourth-order valence-electron chi connectivity index (χ4n) is 7.41. The van der Waals surface area contributed by atoms with Crippen molar-refractivity contribution >= 4 is 23.2 Å². The summed E-state index contributed by atoms with van der Waals surface area (Å²) in [6, 6.07) is 29.8. The number of phenols is 1. The number of phenolic OH excluding ortho intramolecular Hbond substituents is 1. The van der Waals surface area contributed by atoms with Crippen molar-refractivity contribution in [2.24, 2.45) is 7.05 Å². The van der Waals surface area contributed by atoms with E-state index in [0.29, 0.717) is 65.0 Å². The highest BCUT2D eigenvalue weighted by molar-refractivity contribution is 6.12. The van der Waals surface area contributed by atoms with Crippen LogP contribution in [0.5, 0.6) is 17.2 Å². The average Bonchev–Trinajstić information content (AvgIpc) is 3.75. The Morgan fingerprint density at radius 2 is 1.49 bits per heavy atom. The minimum absolute atomic E-state index is 0.0409. The molecule has 3 aliphatic heterocycles. The highest BCUT2D eigenvalue weighted by Gasteiger charge is 2.35. The zero-order valence-corrected chi connectivity index (χ0v) is 28.7.